The summed E-state index contributed by atoms with van der Waals surface area (Å²) in [6.07, 6.45) is 0.833. The zero-order chi connectivity index (χ0) is 18.1. The van der Waals surface area contributed by atoms with Crippen LogP contribution in [-0.4, -0.2) is 6.03 Å². The molecule has 4 nitrogen and oxygen atoms in total. The first-order chi connectivity index (χ1) is 12.6. The molecule has 0 saturated heterocycles. The predicted molar refractivity (Wildman–Crippen MR) is 110 cm³/mol. The molecule has 0 unspecified atom stereocenters. The Balaban J connectivity index is 1.55. The zero-order valence-electron chi connectivity index (χ0n) is 14.1. The van der Waals surface area contributed by atoms with Gasteiger partial charge >= 0.3 is 6.03 Å². The first kappa shape index (κ1) is 16.5. The Bertz CT molecular complexity index is 972. The summed E-state index contributed by atoms with van der Waals surface area (Å²) in [6, 6.07) is 22.1. The SMILES string of the molecule is NC(=O)N(S)c1ccc2c(c1)Cc1cc(NCc3ccccc3)ccc1-2. The predicted octanol–water partition coefficient (Wildman–Crippen LogP) is 4.60. The fourth-order valence-electron chi connectivity index (χ4n) is 3.37. The monoisotopic (exact) mass is 361 g/mol. The van der Waals surface area contributed by atoms with Gasteiger partial charge in [-0.05, 0) is 58.5 Å². The molecule has 26 heavy (non-hydrogen) atoms. The molecule has 0 heterocycles. The first-order valence-corrected chi connectivity index (χ1v) is 8.84. The fraction of sp³-hybridized carbons (Fsp3) is 0.0952. The Kier molecular flexibility index (Phi) is 4.31. The van der Waals surface area contributed by atoms with Crippen molar-refractivity contribution in [2.45, 2.75) is 13.0 Å². The molecular weight excluding hydrogens is 342 g/mol. The summed E-state index contributed by atoms with van der Waals surface area (Å²) >= 11 is 4.14. The molecule has 5 heteroatoms. The number of primary amides is 1. The lowest BCUT2D eigenvalue weighted by Gasteiger charge is -2.13. The number of thiol groups is 1. The second-order valence-electron chi connectivity index (χ2n) is 6.38. The normalized spacial score (nSPS) is 11.6. The van der Waals surface area contributed by atoms with Gasteiger partial charge in [-0.2, -0.15) is 0 Å². The maximum absolute atomic E-state index is 11.3. The maximum Gasteiger partial charge on any atom is 0.329 e. The first-order valence-electron chi connectivity index (χ1n) is 8.44. The third-order valence-electron chi connectivity index (χ3n) is 4.66. The Morgan fingerprint density at radius 1 is 1.00 bits per heavy atom. The molecule has 3 aromatic rings. The fourth-order valence-corrected chi connectivity index (χ4v) is 3.49. The second-order valence-corrected chi connectivity index (χ2v) is 6.78. The van der Waals surface area contributed by atoms with Crippen LogP contribution in [-0.2, 0) is 13.0 Å². The van der Waals surface area contributed by atoms with Crippen molar-refractivity contribution >= 4 is 30.2 Å². The summed E-state index contributed by atoms with van der Waals surface area (Å²) in [5.74, 6) is 0. The van der Waals surface area contributed by atoms with E-state index < -0.39 is 6.03 Å². The molecule has 0 atom stereocenters. The Labute approximate surface area is 158 Å². The minimum Gasteiger partial charge on any atom is -0.381 e. The molecule has 3 aromatic carbocycles. The molecule has 0 saturated carbocycles. The van der Waals surface area contributed by atoms with E-state index in [2.05, 4.69) is 48.5 Å². The highest BCUT2D eigenvalue weighted by Crippen LogP contribution is 2.39. The highest BCUT2D eigenvalue weighted by atomic mass is 32.1. The minimum atomic E-state index is -0.587. The molecule has 0 spiro atoms. The zero-order valence-corrected chi connectivity index (χ0v) is 15.0. The maximum atomic E-state index is 11.3. The molecule has 130 valence electrons. The van der Waals surface area contributed by atoms with Gasteiger partial charge in [0.25, 0.3) is 0 Å². The number of carbonyl (C=O) groups excluding carboxylic acids is 1. The molecule has 1 aliphatic rings. The molecule has 0 aromatic heterocycles. The van der Waals surface area contributed by atoms with Crippen molar-refractivity contribution in [3.05, 3.63) is 83.4 Å². The van der Waals surface area contributed by atoms with E-state index in [1.165, 1.54) is 27.8 Å². The van der Waals surface area contributed by atoms with Crippen LogP contribution >= 0.6 is 12.8 Å². The van der Waals surface area contributed by atoms with Crippen LogP contribution < -0.4 is 15.4 Å². The van der Waals surface area contributed by atoms with Crippen LogP contribution in [0.5, 0.6) is 0 Å². The average Bonchev–Trinajstić information content (AvgIpc) is 3.03. The van der Waals surface area contributed by atoms with Crippen LogP contribution in [0.4, 0.5) is 16.2 Å². The lowest BCUT2D eigenvalue weighted by Crippen LogP contribution is -2.27. The number of nitrogens with one attached hydrogen (secondary N) is 1. The van der Waals surface area contributed by atoms with Gasteiger partial charge in [0.2, 0.25) is 0 Å². The van der Waals surface area contributed by atoms with Crippen LogP contribution in [0.3, 0.4) is 0 Å². The number of nitrogens with zero attached hydrogens (tertiary/aromatic N) is 1. The van der Waals surface area contributed by atoms with Crippen molar-refractivity contribution in [1.29, 1.82) is 0 Å². The van der Waals surface area contributed by atoms with Crippen molar-refractivity contribution in [1.82, 2.24) is 0 Å². The second kappa shape index (κ2) is 6.77. The Morgan fingerprint density at radius 2 is 1.69 bits per heavy atom. The molecule has 0 fully saturated rings. The van der Waals surface area contributed by atoms with Gasteiger partial charge < -0.3 is 11.1 Å². The van der Waals surface area contributed by atoms with Crippen molar-refractivity contribution in [3.63, 3.8) is 0 Å². The van der Waals surface area contributed by atoms with Crippen molar-refractivity contribution in [3.8, 4) is 11.1 Å². The molecule has 0 radical (unpaired) electrons. The van der Waals surface area contributed by atoms with E-state index >= 15 is 0 Å². The van der Waals surface area contributed by atoms with Gasteiger partial charge in [-0.25, -0.2) is 9.10 Å². The van der Waals surface area contributed by atoms with Crippen LogP contribution in [0.2, 0.25) is 0 Å². The molecule has 3 N–H and O–H groups in total. The van der Waals surface area contributed by atoms with Gasteiger partial charge in [0.1, 0.15) is 0 Å². The number of carbonyl (C=O) groups is 1. The van der Waals surface area contributed by atoms with Crippen molar-refractivity contribution in [2.75, 3.05) is 9.62 Å². The van der Waals surface area contributed by atoms with Gasteiger partial charge in [0.15, 0.2) is 0 Å². The van der Waals surface area contributed by atoms with Crippen LogP contribution in [0.1, 0.15) is 16.7 Å². The summed E-state index contributed by atoms with van der Waals surface area (Å²) in [7, 11) is 0. The quantitative estimate of drug-likeness (QED) is 0.465. The molecular formula is C21H19N3OS. The highest BCUT2D eigenvalue weighted by Gasteiger charge is 2.20. The van der Waals surface area contributed by atoms with Gasteiger partial charge in [0.05, 0.1) is 5.69 Å². The van der Waals surface area contributed by atoms with E-state index in [0.29, 0.717) is 5.69 Å². The summed E-state index contributed by atoms with van der Waals surface area (Å²) in [5, 5.41) is 3.48. The minimum absolute atomic E-state index is 0.587. The van der Waals surface area contributed by atoms with Crippen LogP contribution in [0, 0.1) is 0 Å². The number of hydrogen-bond donors (Lipinski definition) is 3. The Hall–Kier alpha value is -2.92. The topological polar surface area (TPSA) is 58.4 Å². The number of urea groups is 1. The summed E-state index contributed by atoms with van der Waals surface area (Å²) in [5.41, 5.74) is 13.2. The van der Waals surface area contributed by atoms with Crippen LogP contribution in [0.15, 0.2) is 66.7 Å². The molecule has 0 aliphatic heterocycles. The largest absolute Gasteiger partial charge is 0.381 e. The third kappa shape index (κ3) is 3.13. The van der Waals surface area contributed by atoms with E-state index in [0.717, 1.165) is 23.0 Å². The van der Waals surface area contributed by atoms with Gasteiger partial charge in [-0.1, -0.05) is 55.3 Å². The van der Waals surface area contributed by atoms with E-state index in [1.54, 1.807) is 0 Å². The number of benzene rings is 3. The summed E-state index contributed by atoms with van der Waals surface area (Å²) < 4.78 is 1.16. The van der Waals surface area contributed by atoms with Gasteiger partial charge in [-0.3, -0.25) is 0 Å². The molecule has 2 amide bonds. The third-order valence-corrected chi connectivity index (χ3v) is 5.09. The highest BCUT2D eigenvalue weighted by molar-refractivity contribution is 7.82. The number of hydrogen-bond acceptors (Lipinski definition) is 3. The van der Waals surface area contributed by atoms with Gasteiger partial charge in [-0.15, -0.1) is 0 Å². The van der Waals surface area contributed by atoms with Crippen molar-refractivity contribution < 1.29 is 4.79 Å². The lowest BCUT2D eigenvalue weighted by molar-refractivity contribution is 0.257. The standard InChI is InChI=1S/C21H19N3OS/c22-21(25)24(26)18-7-9-20-16(12-18)10-15-11-17(6-8-19(15)20)23-13-14-4-2-1-3-5-14/h1-9,11-12,23,26H,10,13H2,(H2,22,25). The number of nitrogens with two attached hydrogens (primary N) is 1. The summed E-state index contributed by atoms with van der Waals surface area (Å²) in [6.45, 7) is 0.796. The number of amides is 2. The van der Waals surface area contributed by atoms with E-state index in [9.17, 15) is 4.79 Å². The van der Waals surface area contributed by atoms with E-state index in [-0.39, 0.29) is 0 Å². The number of rotatable bonds is 4. The Morgan fingerprint density at radius 3 is 2.42 bits per heavy atom. The number of anilines is 2. The lowest BCUT2D eigenvalue weighted by atomic mass is 10.0. The molecule has 0 bridgehead atoms. The van der Waals surface area contributed by atoms with E-state index in [4.69, 9.17) is 5.73 Å². The smallest absolute Gasteiger partial charge is 0.329 e. The average molecular weight is 361 g/mol. The number of fused-ring (bicyclic) bond motifs is 3. The molecule has 1 aliphatic carbocycles. The van der Waals surface area contributed by atoms with Crippen molar-refractivity contribution in [2.24, 2.45) is 5.73 Å². The molecule has 4 rings (SSSR count). The van der Waals surface area contributed by atoms with Gasteiger partial charge in [0, 0.05) is 12.2 Å². The summed E-state index contributed by atoms with van der Waals surface area (Å²) in [4.78, 5) is 11.3. The van der Waals surface area contributed by atoms with E-state index in [1.807, 2.05) is 36.4 Å². The van der Waals surface area contributed by atoms with Crippen LogP contribution in [0.25, 0.3) is 11.1 Å².